The molecule has 2 aliphatic rings. The Hall–Kier alpha value is -3.08. The van der Waals surface area contributed by atoms with E-state index in [4.69, 9.17) is 9.47 Å². The van der Waals surface area contributed by atoms with Crippen LogP contribution < -0.4 is 9.64 Å². The van der Waals surface area contributed by atoms with Gasteiger partial charge in [0, 0.05) is 36.8 Å². The number of benzene rings is 2. The predicted octanol–water partition coefficient (Wildman–Crippen LogP) is 4.25. The van der Waals surface area contributed by atoms with Crippen LogP contribution in [0.4, 0.5) is 9.80 Å². The fourth-order valence-corrected chi connectivity index (χ4v) is 8.97. The van der Waals surface area contributed by atoms with Crippen molar-refractivity contribution >= 4 is 20.0 Å². The average molecular weight is 539 g/mol. The fraction of sp³-hybridized carbons (Fsp3) is 0.464. The van der Waals surface area contributed by atoms with Gasteiger partial charge in [-0.15, -0.1) is 5.10 Å². The first-order chi connectivity index (χ1) is 18.1. The number of aliphatic hydroxyl groups is 1. The molecule has 2 aromatic carbocycles. The summed E-state index contributed by atoms with van der Waals surface area (Å²) in [5.74, 6) is -0.175. The van der Waals surface area contributed by atoms with E-state index in [0.29, 0.717) is 24.4 Å². The lowest BCUT2D eigenvalue weighted by Gasteiger charge is -2.31. The molecule has 5 atom stereocenters. The van der Waals surface area contributed by atoms with Crippen molar-refractivity contribution in [1.82, 2.24) is 15.0 Å². The summed E-state index contributed by atoms with van der Waals surface area (Å²) in [5.41, 5.74) is 1.47. The van der Waals surface area contributed by atoms with Crippen molar-refractivity contribution in [3.05, 3.63) is 71.5 Å². The Morgan fingerprint density at radius 2 is 1.97 bits per heavy atom. The van der Waals surface area contributed by atoms with Crippen LogP contribution in [0.1, 0.15) is 36.1 Å². The number of aliphatic hydroxyl groups excluding tert-OH is 1. The molecule has 202 valence electrons. The second kappa shape index (κ2) is 9.90. The van der Waals surface area contributed by atoms with E-state index >= 15 is 4.11 Å². The van der Waals surface area contributed by atoms with E-state index in [-0.39, 0.29) is 24.3 Å². The molecule has 1 amide bonds. The number of carbonyl (C=O) groups is 1. The molecular weight excluding hydrogens is 503 g/mol. The van der Waals surface area contributed by atoms with Gasteiger partial charge in [-0.1, -0.05) is 42.5 Å². The van der Waals surface area contributed by atoms with Gasteiger partial charge in [0.1, 0.15) is 5.75 Å². The van der Waals surface area contributed by atoms with Gasteiger partial charge in [0.15, 0.2) is 5.60 Å². The molecular formula is C28H35FN4O4Si. The number of methoxy groups -OCH3 is 1. The van der Waals surface area contributed by atoms with E-state index in [0.717, 1.165) is 16.8 Å². The number of aryl methyl sites for hydroxylation is 1. The maximum Gasteiger partial charge on any atom is 0.264 e. The smallest absolute Gasteiger partial charge is 0.264 e. The third-order valence-electron chi connectivity index (χ3n) is 8.24. The zero-order valence-electron chi connectivity index (χ0n) is 22.5. The molecule has 0 bridgehead atoms. The first-order valence-electron chi connectivity index (χ1n) is 13.0. The fourth-order valence-electron chi connectivity index (χ4n) is 6.43. The normalized spacial score (nSPS) is 25.7. The highest BCUT2D eigenvalue weighted by Crippen LogP contribution is 2.60. The summed E-state index contributed by atoms with van der Waals surface area (Å²) in [6, 6.07) is 15.2. The zero-order chi connectivity index (χ0) is 27.2. The van der Waals surface area contributed by atoms with Gasteiger partial charge in [-0.25, -0.2) is 0 Å². The van der Waals surface area contributed by atoms with Crippen molar-refractivity contribution in [2.24, 2.45) is 5.92 Å². The van der Waals surface area contributed by atoms with Crippen LogP contribution in [0.3, 0.4) is 0 Å². The number of fused-ring (bicyclic) bond motifs is 2. The van der Waals surface area contributed by atoms with Crippen LogP contribution >= 0.6 is 0 Å². The number of hydrogen-bond donors (Lipinski definition) is 1. The molecule has 2 aliphatic heterocycles. The molecule has 3 aromatic rings. The molecule has 1 saturated heterocycles. The standard InChI is InChI=1S/C28H35FN4O4Si/c1-18-26(38(4,5)29)25(37-28(18)22-15-20(36-3)11-12-24(22)32(2)27(28)35)13-14-33-16-23(30-31-33)21(17-34)19-9-7-6-8-10-19/h6-12,15-16,18,21,25-26,34H,13-14,17H2,1-5H3/t18-,21?,25+,26-,28+/m0/s1. The maximum atomic E-state index is 15.9. The molecule has 38 heavy (non-hydrogen) atoms. The number of carbonyl (C=O) groups excluding carboxylic acids is 1. The van der Waals surface area contributed by atoms with Gasteiger partial charge in [0.05, 0.1) is 37.1 Å². The minimum absolute atomic E-state index is 0.0866. The molecule has 1 aromatic heterocycles. The number of anilines is 1. The number of likely N-dealkylation sites (N-methyl/N-ethyl adjacent to an activating group) is 1. The predicted molar refractivity (Wildman–Crippen MR) is 144 cm³/mol. The quantitative estimate of drug-likeness (QED) is 0.341. The summed E-state index contributed by atoms with van der Waals surface area (Å²) in [6.07, 6.45) is 1.83. The van der Waals surface area contributed by atoms with Gasteiger partial charge in [-0.05, 0) is 43.3 Å². The van der Waals surface area contributed by atoms with Crippen molar-refractivity contribution in [2.75, 3.05) is 25.7 Å². The molecule has 0 aliphatic carbocycles. The zero-order valence-corrected chi connectivity index (χ0v) is 23.5. The Morgan fingerprint density at radius 3 is 2.63 bits per heavy atom. The summed E-state index contributed by atoms with van der Waals surface area (Å²) >= 11 is 0. The van der Waals surface area contributed by atoms with Crippen LogP contribution in [0.5, 0.6) is 5.75 Å². The minimum Gasteiger partial charge on any atom is -0.497 e. The van der Waals surface area contributed by atoms with Crippen molar-refractivity contribution in [3.63, 3.8) is 0 Å². The molecule has 5 rings (SSSR count). The van der Waals surface area contributed by atoms with Gasteiger partial charge in [0.2, 0.25) is 8.41 Å². The van der Waals surface area contributed by atoms with E-state index in [1.54, 1.807) is 36.8 Å². The van der Waals surface area contributed by atoms with Crippen molar-refractivity contribution < 1.29 is 23.5 Å². The summed E-state index contributed by atoms with van der Waals surface area (Å²) in [6.45, 7) is 5.69. The average Bonchev–Trinajstić information content (AvgIpc) is 3.55. The van der Waals surface area contributed by atoms with Crippen LogP contribution in [-0.4, -0.2) is 61.3 Å². The van der Waals surface area contributed by atoms with E-state index in [1.165, 1.54) is 0 Å². The highest BCUT2D eigenvalue weighted by atomic mass is 28.4. The van der Waals surface area contributed by atoms with Crippen molar-refractivity contribution in [3.8, 4) is 5.75 Å². The minimum atomic E-state index is -3.24. The first kappa shape index (κ1) is 26.5. The SMILES string of the molecule is COc1ccc2c(c1)[C@@]1(O[C@H](CCn3cc(C(CO)c4ccccc4)nn3)[C@@H]([Si](C)(C)F)[C@@H]1C)C(=O)N2C. The number of halogens is 1. The van der Waals surface area contributed by atoms with Crippen molar-refractivity contribution in [1.29, 1.82) is 0 Å². The molecule has 10 heteroatoms. The lowest BCUT2D eigenvalue weighted by atomic mass is 9.82. The second-order valence-corrected chi connectivity index (χ2v) is 14.7. The molecule has 0 saturated carbocycles. The molecule has 1 unspecified atom stereocenters. The van der Waals surface area contributed by atoms with E-state index in [1.807, 2.05) is 61.7 Å². The summed E-state index contributed by atoms with van der Waals surface area (Å²) in [5, 5.41) is 18.6. The van der Waals surface area contributed by atoms with Gasteiger partial charge >= 0.3 is 0 Å². The number of rotatable bonds is 8. The second-order valence-electron chi connectivity index (χ2n) is 10.9. The monoisotopic (exact) mass is 538 g/mol. The third kappa shape index (κ3) is 4.24. The van der Waals surface area contributed by atoms with Gasteiger partial charge in [-0.2, -0.15) is 0 Å². The number of aromatic nitrogens is 3. The molecule has 0 radical (unpaired) electrons. The highest BCUT2D eigenvalue weighted by Gasteiger charge is 2.66. The van der Waals surface area contributed by atoms with Gasteiger partial charge < -0.3 is 23.6 Å². The van der Waals surface area contributed by atoms with Crippen LogP contribution in [0, 0.1) is 5.92 Å². The van der Waals surface area contributed by atoms with Crippen LogP contribution in [0.25, 0.3) is 0 Å². The lowest BCUT2D eigenvalue weighted by molar-refractivity contribution is -0.145. The van der Waals surface area contributed by atoms with Crippen LogP contribution in [0.15, 0.2) is 54.7 Å². The number of amides is 1. The van der Waals surface area contributed by atoms with Crippen LogP contribution in [-0.2, 0) is 21.7 Å². The van der Waals surface area contributed by atoms with Crippen molar-refractivity contribution in [2.45, 2.75) is 56.1 Å². The third-order valence-corrected chi connectivity index (χ3v) is 10.7. The molecule has 3 heterocycles. The van der Waals surface area contributed by atoms with Gasteiger partial charge in [0.25, 0.3) is 5.91 Å². The molecule has 1 N–H and O–H groups in total. The number of nitrogens with zero attached hydrogens (tertiary/aromatic N) is 4. The largest absolute Gasteiger partial charge is 0.497 e. The van der Waals surface area contributed by atoms with Crippen LogP contribution in [0.2, 0.25) is 18.6 Å². The summed E-state index contributed by atoms with van der Waals surface area (Å²) in [7, 11) is 0.0773. The van der Waals surface area contributed by atoms with Gasteiger partial charge in [-0.3, -0.25) is 9.48 Å². The van der Waals surface area contributed by atoms with E-state index in [9.17, 15) is 9.90 Å². The Labute approximate surface area is 223 Å². The Balaban J connectivity index is 1.42. The molecule has 8 nitrogen and oxygen atoms in total. The molecule has 1 spiro atoms. The topological polar surface area (TPSA) is 89.7 Å². The Kier molecular flexibility index (Phi) is 6.91. The summed E-state index contributed by atoms with van der Waals surface area (Å²) < 4.78 is 29.7. The Morgan fingerprint density at radius 1 is 1.24 bits per heavy atom. The van der Waals surface area contributed by atoms with E-state index in [2.05, 4.69) is 10.3 Å². The first-order valence-corrected chi connectivity index (χ1v) is 16.0. The lowest BCUT2D eigenvalue weighted by Crippen LogP contribution is -2.44. The summed E-state index contributed by atoms with van der Waals surface area (Å²) in [4.78, 5) is 15.3. The Bertz CT molecular complexity index is 1310. The number of hydrogen-bond acceptors (Lipinski definition) is 6. The highest BCUT2D eigenvalue weighted by molar-refractivity contribution is 6.72. The van der Waals surface area contributed by atoms with E-state index < -0.39 is 25.7 Å². The maximum absolute atomic E-state index is 15.9. The molecule has 1 fully saturated rings. The number of ether oxygens (including phenoxy) is 2.